The molecule has 4 N–H and O–H groups in total. The Morgan fingerprint density at radius 1 is 1.07 bits per heavy atom. The smallest absolute Gasteiger partial charge is 0.303 e. The van der Waals surface area contributed by atoms with E-state index >= 15 is 0 Å². The molecule has 0 spiro atoms. The summed E-state index contributed by atoms with van der Waals surface area (Å²) < 4.78 is 26.6. The van der Waals surface area contributed by atoms with Crippen molar-refractivity contribution in [2.75, 3.05) is 0 Å². The quantitative estimate of drug-likeness (QED) is 0.380. The van der Waals surface area contributed by atoms with Crippen LogP contribution in [0.4, 0.5) is 8.78 Å². The van der Waals surface area contributed by atoms with Crippen LogP contribution < -0.4 is 0 Å². The van der Waals surface area contributed by atoms with Gasteiger partial charge in [0.25, 0.3) is 0 Å². The number of unbranched alkanes of at least 4 members (excludes halogenated alkanes) is 3. The van der Waals surface area contributed by atoms with E-state index in [0.717, 1.165) is 37.8 Å². The van der Waals surface area contributed by atoms with Gasteiger partial charge in [-0.3, -0.25) is 4.79 Å². The van der Waals surface area contributed by atoms with Gasteiger partial charge < -0.3 is 20.4 Å². The fourth-order valence-electron chi connectivity index (χ4n) is 4.30. The summed E-state index contributed by atoms with van der Waals surface area (Å²) in [6.45, 7) is 0. The van der Waals surface area contributed by atoms with Crippen molar-refractivity contribution in [2.45, 2.75) is 76.1 Å². The Morgan fingerprint density at radius 2 is 1.73 bits per heavy atom. The van der Waals surface area contributed by atoms with Gasteiger partial charge in [-0.2, -0.15) is 0 Å². The highest BCUT2D eigenvalue weighted by molar-refractivity contribution is 5.66. The maximum atomic E-state index is 13.7. The number of benzene rings is 1. The first-order valence-corrected chi connectivity index (χ1v) is 10.7. The number of aliphatic hydroxyl groups excluding tert-OH is 3. The summed E-state index contributed by atoms with van der Waals surface area (Å²) >= 11 is 0. The first-order valence-electron chi connectivity index (χ1n) is 10.7. The van der Waals surface area contributed by atoms with Crippen molar-refractivity contribution in [1.29, 1.82) is 0 Å². The van der Waals surface area contributed by atoms with Crippen LogP contribution >= 0.6 is 0 Å². The zero-order valence-electron chi connectivity index (χ0n) is 17.1. The van der Waals surface area contributed by atoms with Crippen LogP contribution in [0.2, 0.25) is 0 Å². The second kappa shape index (κ2) is 12.1. The third-order valence-corrected chi connectivity index (χ3v) is 5.96. The molecule has 1 unspecified atom stereocenters. The lowest BCUT2D eigenvalue weighted by Crippen LogP contribution is -2.23. The highest BCUT2D eigenvalue weighted by Gasteiger charge is 2.40. The molecule has 0 amide bonds. The van der Waals surface area contributed by atoms with Gasteiger partial charge in [0.2, 0.25) is 0 Å². The van der Waals surface area contributed by atoms with Gasteiger partial charge in [0.1, 0.15) is 11.6 Å². The lowest BCUT2D eigenvalue weighted by Gasteiger charge is -2.24. The zero-order chi connectivity index (χ0) is 22.1. The van der Waals surface area contributed by atoms with Crippen molar-refractivity contribution in [1.82, 2.24) is 0 Å². The lowest BCUT2D eigenvalue weighted by atomic mass is 9.85. The van der Waals surface area contributed by atoms with Crippen molar-refractivity contribution in [3.05, 3.63) is 41.5 Å². The molecule has 0 aromatic heterocycles. The number of rotatable bonds is 12. The first kappa shape index (κ1) is 24.4. The Kier molecular flexibility index (Phi) is 9.88. The first-order chi connectivity index (χ1) is 14.3. The van der Waals surface area contributed by atoms with Gasteiger partial charge in [-0.1, -0.05) is 31.4 Å². The number of aliphatic hydroxyl groups is 3. The minimum atomic E-state index is -0.837. The van der Waals surface area contributed by atoms with Crippen LogP contribution in [-0.4, -0.2) is 44.7 Å². The lowest BCUT2D eigenvalue weighted by molar-refractivity contribution is -0.137. The number of carboxylic acids is 1. The Bertz CT molecular complexity index is 709. The molecule has 1 aromatic carbocycles. The normalized spacial score (nSPS) is 25.1. The van der Waals surface area contributed by atoms with E-state index in [1.807, 2.05) is 0 Å². The predicted octanol–water partition coefficient (Wildman–Crippen LogP) is 3.90. The van der Waals surface area contributed by atoms with E-state index in [2.05, 4.69) is 0 Å². The largest absolute Gasteiger partial charge is 0.481 e. The Hall–Kier alpha value is -1.83. The minimum Gasteiger partial charge on any atom is -0.481 e. The molecular formula is C23H32F2O5. The van der Waals surface area contributed by atoms with Crippen molar-refractivity contribution >= 4 is 12.0 Å². The van der Waals surface area contributed by atoms with Crippen molar-refractivity contribution in [2.24, 2.45) is 11.8 Å². The van der Waals surface area contributed by atoms with Gasteiger partial charge >= 0.3 is 5.97 Å². The molecule has 7 heteroatoms. The van der Waals surface area contributed by atoms with Crippen LogP contribution in [-0.2, 0) is 4.79 Å². The molecule has 1 fully saturated rings. The van der Waals surface area contributed by atoms with E-state index in [1.54, 1.807) is 0 Å². The van der Waals surface area contributed by atoms with Crippen molar-refractivity contribution < 1.29 is 34.0 Å². The average Bonchev–Trinajstić information content (AvgIpc) is 2.94. The molecule has 0 radical (unpaired) electrons. The third-order valence-electron chi connectivity index (χ3n) is 5.96. The maximum Gasteiger partial charge on any atom is 0.303 e. The molecule has 1 aliphatic carbocycles. The number of aliphatic carboxylic acids is 1. The molecule has 5 atom stereocenters. The van der Waals surface area contributed by atoms with Gasteiger partial charge in [-0.05, 0) is 56.1 Å². The maximum absolute atomic E-state index is 13.7. The molecule has 30 heavy (non-hydrogen) atoms. The van der Waals surface area contributed by atoms with Gasteiger partial charge in [-0.15, -0.1) is 0 Å². The fourth-order valence-corrected chi connectivity index (χ4v) is 4.30. The second-order valence-electron chi connectivity index (χ2n) is 8.21. The van der Waals surface area contributed by atoms with E-state index in [9.17, 15) is 28.9 Å². The van der Waals surface area contributed by atoms with Crippen LogP contribution in [0.15, 0.2) is 24.3 Å². The van der Waals surface area contributed by atoms with E-state index in [1.165, 1.54) is 18.2 Å². The van der Waals surface area contributed by atoms with E-state index in [4.69, 9.17) is 5.11 Å². The molecule has 0 bridgehead atoms. The van der Waals surface area contributed by atoms with E-state index in [0.29, 0.717) is 25.7 Å². The third kappa shape index (κ3) is 7.78. The fraction of sp³-hybridized carbons (Fsp3) is 0.609. The molecular weight excluding hydrogens is 394 g/mol. The average molecular weight is 427 g/mol. The number of carboxylic acid groups (broad SMARTS) is 1. The molecule has 0 aliphatic heterocycles. The van der Waals surface area contributed by atoms with Crippen LogP contribution in [0.25, 0.3) is 6.08 Å². The van der Waals surface area contributed by atoms with Crippen LogP contribution in [0, 0.1) is 23.5 Å². The summed E-state index contributed by atoms with van der Waals surface area (Å²) in [5.74, 6) is -2.32. The van der Waals surface area contributed by atoms with Crippen LogP contribution in [0.5, 0.6) is 0 Å². The van der Waals surface area contributed by atoms with E-state index < -0.39 is 35.9 Å². The molecule has 2 rings (SSSR count). The number of halogens is 2. The summed E-state index contributed by atoms with van der Waals surface area (Å²) in [7, 11) is 0. The second-order valence-corrected chi connectivity index (χ2v) is 8.21. The Labute approximate surface area is 176 Å². The van der Waals surface area contributed by atoms with Gasteiger partial charge in [-0.25, -0.2) is 8.78 Å². The van der Waals surface area contributed by atoms with Gasteiger partial charge in [0.05, 0.1) is 18.3 Å². The Balaban J connectivity index is 1.79. The molecule has 168 valence electrons. The summed E-state index contributed by atoms with van der Waals surface area (Å²) in [4.78, 5) is 10.5. The standard InChI is InChI=1S/C23H32F2O5/c24-16-9-7-15(20(25)13-16)8-10-17(26)11-12-19-18(21(27)14-22(19)28)5-3-1-2-4-6-23(29)30/h7-10,13,17-19,21-22,26-28H,1-6,11-12,14H2,(H,29,30)/t17?,18-,19-,21+,22-/m1/s1. The summed E-state index contributed by atoms with van der Waals surface area (Å²) in [5.41, 5.74) is 0.188. The molecule has 5 nitrogen and oxygen atoms in total. The minimum absolute atomic E-state index is 0.0507. The summed E-state index contributed by atoms with van der Waals surface area (Å²) in [6.07, 6.45) is 6.16. The number of hydrogen-bond donors (Lipinski definition) is 4. The molecule has 1 aromatic rings. The van der Waals surface area contributed by atoms with Gasteiger partial charge in [0, 0.05) is 18.1 Å². The zero-order valence-corrected chi connectivity index (χ0v) is 17.1. The van der Waals surface area contributed by atoms with Crippen LogP contribution in [0.1, 0.15) is 63.4 Å². The van der Waals surface area contributed by atoms with Gasteiger partial charge in [0.15, 0.2) is 0 Å². The summed E-state index contributed by atoms with van der Waals surface area (Å²) in [6, 6.07) is 3.24. The topological polar surface area (TPSA) is 98.0 Å². The molecule has 0 saturated heterocycles. The number of carbonyl (C=O) groups is 1. The monoisotopic (exact) mass is 426 g/mol. The van der Waals surface area contributed by atoms with Crippen LogP contribution in [0.3, 0.4) is 0 Å². The van der Waals surface area contributed by atoms with Crippen molar-refractivity contribution in [3.63, 3.8) is 0 Å². The highest BCUT2D eigenvalue weighted by atomic mass is 19.1. The predicted molar refractivity (Wildman–Crippen MR) is 110 cm³/mol. The highest BCUT2D eigenvalue weighted by Crippen LogP contribution is 2.39. The Morgan fingerprint density at radius 3 is 2.40 bits per heavy atom. The SMILES string of the molecule is O=C(O)CCCCCC[C@@H]1[C@@H](CCC(O)C=Cc2ccc(F)cc2F)[C@H](O)C[C@@H]1O. The molecule has 1 saturated carbocycles. The van der Waals surface area contributed by atoms with E-state index in [-0.39, 0.29) is 23.8 Å². The summed E-state index contributed by atoms with van der Waals surface area (Å²) in [5, 5.41) is 39.4. The molecule has 0 heterocycles. The molecule has 1 aliphatic rings. The number of hydrogen-bond acceptors (Lipinski definition) is 4. The van der Waals surface area contributed by atoms with Crippen molar-refractivity contribution in [3.8, 4) is 0 Å².